The molecule has 0 bridgehead atoms. The third-order valence-corrected chi connectivity index (χ3v) is 4.66. The molecule has 2 heterocycles. The Hall–Kier alpha value is -2.80. The van der Waals surface area contributed by atoms with E-state index in [0.29, 0.717) is 27.9 Å². The molecule has 2 aromatic heterocycles. The molecule has 0 saturated heterocycles. The lowest BCUT2D eigenvalue weighted by molar-refractivity contribution is 0.0954. The molecule has 0 unspecified atom stereocenters. The van der Waals surface area contributed by atoms with Crippen LogP contribution in [0.15, 0.2) is 47.5 Å². The number of aryl methyl sites for hydroxylation is 2. The molecule has 3 rings (SSSR count). The third-order valence-electron chi connectivity index (χ3n) is 3.51. The number of carbonyl (C=O) groups excluding carboxylic acids is 1. The molecule has 6 nitrogen and oxygen atoms in total. The molecule has 0 spiro atoms. The summed E-state index contributed by atoms with van der Waals surface area (Å²) in [7, 11) is 0. The number of carbonyl (C=O) groups is 1. The molecule has 0 atom stereocenters. The predicted octanol–water partition coefficient (Wildman–Crippen LogP) is 2.24. The van der Waals surface area contributed by atoms with Gasteiger partial charge in [0.2, 0.25) is 0 Å². The summed E-state index contributed by atoms with van der Waals surface area (Å²) in [6, 6.07) is 9.68. The number of rotatable bonds is 4. The number of amides is 1. The molecule has 0 aliphatic rings. The molecule has 0 aliphatic heterocycles. The molecular weight excluding hydrogens is 324 g/mol. The molecular formula is C17H16N4O2S. The number of hydrogen-bond donors (Lipinski definition) is 1. The summed E-state index contributed by atoms with van der Waals surface area (Å²) in [5.41, 5.74) is 1.78. The second kappa shape index (κ2) is 6.76. The number of thiazole rings is 1. The fraction of sp³-hybridized carbons (Fsp3) is 0.176. The highest BCUT2D eigenvalue weighted by atomic mass is 32.1. The van der Waals surface area contributed by atoms with Gasteiger partial charge >= 0.3 is 0 Å². The van der Waals surface area contributed by atoms with Crippen molar-refractivity contribution in [2.75, 3.05) is 0 Å². The normalized spacial score (nSPS) is 10.6. The van der Waals surface area contributed by atoms with Crippen LogP contribution in [0.25, 0.3) is 5.13 Å². The first-order valence-corrected chi connectivity index (χ1v) is 8.22. The zero-order chi connectivity index (χ0) is 17.1. The van der Waals surface area contributed by atoms with Crippen LogP contribution in [0, 0.1) is 13.8 Å². The maximum absolute atomic E-state index is 12.4. The lowest BCUT2D eigenvalue weighted by Gasteiger charge is -2.03. The van der Waals surface area contributed by atoms with Crippen molar-refractivity contribution in [3.8, 4) is 5.13 Å². The molecule has 1 N–H and O–H groups in total. The molecule has 0 fully saturated rings. The predicted molar refractivity (Wildman–Crippen MR) is 92.6 cm³/mol. The van der Waals surface area contributed by atoms with Gasteiger partial charge in [0, 0.05) is 18.9 Å². The Labute approximate surface area is 142 Å². The Kier molecular flexibility index (Phi) is 4.52. The summed E-state index contributed by atoms with van der Waals surface area (Å²) in [5.74, 6) is -0.195. The maximum Gasteiger partial charge on any atom is 0.278 e. The van der Waals surface area contributed by atoms with Crippen LogP contribution in [0.4, 0.5) is 0 Å². The van der Waals surface area contributed by atoms with Crippen LogP contribution in [-0.4, -0.2) is 20.4 Å². The van der Waals surface area contributed by atoms with E-state index in [0.717, 1.165) is 5.56 Å². The summed E-state index contributed by atoms with van der Waals surface area (Å²) in [6.07, 6.45) is 3.10. The van der Waals surface area contributed by atoms with Crippen molar-refractivity contribution >= 4 is 17.2 Å². The smallest absolute Gasteiger partial charge is 0.278 e. The van der Waals surface area contributed by atoms with E-state index in [4.69, 9.17) is 0 Å². The number of aromatic nitrogens is 3. The first-order valence-electron chi connectivity index (χ1n) is 7.40. The monoisotopic (exact) mass is 340 g/mol. The second-order valence-electron chi connectivity index (χ2n) is 5.27. The molecule has 24 heavy (non-hydrogen) atoms. The first-order chi connectivity index (χ1) is 11.6. The van der Waals surface area contributed by atoms with Gasteiger partial charge in [0.25, 0.3) is 11.5 Å². The van der Waals surface area contributed by atoms with Crippen LogP contribution in [0.3, 0.4) is 0 Å². The largest absolute Gasteiger partial charge is 0.347 e. The van der Waals surface area contributed by atoms with Gasteiger partial charge in [-0.1, -0.05) is 41.7 Å². The Bertz CT molecular complexity index is 931. The lowest BCUT2D eigenvalue weighted by atomic mass is 10.2. The van der Waals surface area contributed by atoms with E-state index in [1.807, 2.05) is 30.3 Å². The lowest BCUT2D eigenvalue weighted by Crippen LogP contribution is -2.22. The number of hydrogen-bond acceptors (Lipinski definition) is 5. The number of nitrogens with one attached hydrogen (secondary N) is 1. The van der Waals surface area contributed by atoms with Gasteiger partial charge in [-0.25, -0.2) is 4.98 Å². The van der Waals surface area contributed by atoms with E-state index in [2.05, 4.69) is 15.3 Å². The van der Waals surface area contributed by atoms with Gasteiger partial charge in [-0.3, -0.25) is 19.1 Å². The zero-order valence-corrected chi connectivity index (χ0v) is 14.1. The summed E-state index contributed by atoms with van der Waals surface area (Å²) < 4.78 is 1.41. The minimum absolute atomic E-state index is 0.195. The minimum Gasteiger partial charge on any atom is -0.347 e. The van der Waals surface area contributed by atoms with Gasteiger partial charge < -0.3 is 5.32 Å². The van der Waals surface area contributed by atoms with E-state index in [1.54, 1.807) is 26.2 Å². The molecule has 7 heteroatoms. The molecule has 0 aliphatic carbocycles. The summed E-state index contributed by atoms with van der Waals surface area (Å²) in [4.78, 5) is 33.3. The van der Waals surface area contributed by atoms with Gasteiger partial charge in [-0.05, 0) is 19.4 Å². The van der Waals surface area contributed by atoms with Gasteiger partial charge in [-0.2, -0.15) is 0 Å². The fourth-order valence-corrected chi connectivity index (χ4v) is 3.18. The Morgan fingerprint density at radius 3 is 2.71 bits per heavy atom. The highest BCUT2D eigenvalue weighted by Crippen LogP contribution is 2.20. The van der Waals surface area contributed by atoms with Crippen LogP contribution < -0.4 is 10.9 Å². The Balaban J connectivity index is 1.82. The van der Waals surface area contributed by atoms with Crippen molar-refractivity contribution in [2.24, 2.45) is 0 Å². The third kappa shape index (κ3) is 3.26. The maximum atomic E-state index is 12.4. The molecule has 1 amide bonds. The van der Waals surface area contributed by atoms with Crippen LogP contribution in [0.5, 0.6) is 0 Å². The fourth-order valence-electron chi connectivity index (χ4n) is 2.21. The second-order valence-corrected chi connectivity index (χ2v) is 6.24. The first kappa shape index (κ1) is 16.1. The van der Waals surface area contributed by atoms with Crippen LogP contribution in [0.2, 0.25) is 0 Å². The average molecular weight is 340 g/mol. The van der Waals surface area contributed by atoms with E-state index >= 15 is 0 Å². The molecule has 0 radical (unpaired) electrons. The quantitative estimate of drug-likeness (QED) is 0.790. The summed E-state index contributed by atoms with van der Waals surface area (Å²) >= 11 is 1.19. The molecule has 122 valence electrons. The van der Waals surface area contributed by atoms with Gasteiger partial charge in [0.1, 0.15) is 10.6 Å². The number of nitrogens with zero attached hydrogens (tertiary/aromatic N) is 3. The van der Waals surface area contributed by atoms with Gasteiger partial charge in [0.05, 0.1) is 5.69 Å². The zero-order valence-electron chi connectivity index (χ0n) is 13.3. The van der Waals surface area contributed by atoms with Gasteiger partial charge in [-0.15, -0.1) is 0 Å². The van der Waals surface area contributed by atoms with Crippen molar-refractivity contribution in [3.63, 3.8) is 0 Å². The highest BCUT2D eigenvalue weighted by molar-refractivity contribution is 7.16. The van der Waals surface area contributed by atoms with Crippen molar-refractivity contribution in [1.29, 1.82) is 0 Å². The van der Waals surface area contributed by atoms with E-state index < -0.39 is 0 Å². The van der Waals surface area contributed by atoms with Crippen molar-refractivity contribution in [3.05, 3.63) is 74.9 Å². The SMILES string of the molecule is Cc1nc(-n2ccnc(C)c2=O)sc1C(=O)NCc1ccccc1. The minimum atomic E-state index is -0.234. The highest BCUT2D eigenvalue weighted by Gasteiger charge is 2.17. The standard InChI is InChI=1S/C17H16N4O2S/c1-11-14(15(22)19-10-13-6-4-3-5-7-13)24-17(20-11)21-9-8-18-12(2)16(21)23/h3-9H,10H2,1-2H3,(H,19,22). The van der Waals surface area contributed by atoms with Crippen molar-refractivity contribution in [1.82, 2.24) is 19.9 Å². The number of benzene rings is 1. The Morgan fingerprint density at radius 2 is 1.96 bits per heavy atom. The topological polar surface area (TPSA) is 76.9 Å². The average Bonchev–Trinajstić information content (AvgIpc) is 2.98. The van der Waals surface area contributed by atoms with Crippen molar-refractivity contribution < 1.29 is 4.79 Å². The molecule has 1 aromatic carbocycles. The van der Waals surface area contributed by atoms with Gasteiger partial charge in [0.15, 0.2) is 5.13 Å². The molecule has 3 aromatic rings. The van der Waals surface area contributed by atoms with Crippen LogP contribution in [0.1, 0.15) is 26.6 Å². The van der Waals surface area contributed by atoms with E-state index in [-0.39, 0.29) is 11.5 Å². The van der Waals surface area contributed by atoms with Crippen LogP contribution >= 0.6 is 11.3 Å². The summed E-state index contributed by atoms with van der Waals surface area (Å²) in [5, 5.41) is 3.34. The van der Waals surface area contributed by atoms with E-state index in [1.165, 1.54) is 15.9 Å². The summed E-state index contributed by atoms with van der Waals surface area (Å²) in [6.45, 7) is 3.85. The Morgan fingerprint density at radius 1 is 1.21 bits per heavy atom. The van der Waals surface area contributed by atoms with Crippen LogP contribution in [-0.2, 0) is 6.54 Å². The molecule has 0 saturated carbocycles. The van der Waals surface area contributed by atoms with Crippen molar-refractivity contribution in [2.45, 2.75) is 20.4 Å². The van der Waals surface area contributed by atoms with E-state index in [9.17, 15) is 9.59 Å².